The molecule has 1 heterocycles. The van der Waals surface area contributed by atoms with Gasteiger partial charge in [-0.3, -0.25) is 0 Å². The molecule has 0 bridgehead atoms. The highest BCUT2D eigenvalue weighted by Crippen LogP contribution is 2.78. The zero-order chi connectivity index (χ0) is 7.07. The maximum absolute atomic E-state index is 2.54. The molecule has 2 atom stereocenters. The van der Waals surface area contributed by atoms with Crippen LogP contribution in [0.1, 0.15) is 6.92 Å². The zero-order valence-electron chi connectivity index (χ0n) is 6.89. The molecular formula is C7H17P2+. The number of rotatable bonds is 2. The van der Waals surface area contributed by atoms with Gasteiger partial charge < -0.3 is 0 Å². The fourth-order valence-electron chi connectivity index (χ4n) is 1.40. The fraction of sp³-hybridized carbons (Fsp3) is 1.00. The molecule has 0 aromatic rings. The van der Waals surface area contributed by atoms with Crippen LogP contribution in [0.5, 0.6) is 0 Å². The van der Waals surface area contributed by atoms with Crippen molar-refractivity contribution < 1.29 is 0 Å². The molecule has 0 nitrogen and oxygen atoms in total. The second-order valence-corrected chi connectivity index (χ2v) is 11.2. The molecule has 0 N–H and O–H groups in total. The van der Waals surface area contributed by atoms with Crippen molar-refractivity contribution in [2.45, 2.75) is 12.6 Å². The highest BCUT2D eigenvalue weighted by Gasteiger charge is 2.55. The summed E-state index contributed by atoms with van der Waals surface area (Å²) in [6.07, 6.45) is 1.59. The molecule has 1 saturated heterocycles. The molecule has 1 aliphatic heterocycles. The van der Waals surface area contributed by atoms with E-state index in [2.05, 4.69) is 26.9 Å². The highest BCUT2D eigenvalue weighted by atomic mass is 31.2. The van der Waals surface area contributed by atoms with E-state index in [-0.39, 0.29) is 7.26 Å². The summed E-state index contributed by atoms with van der Waals surface area (Å²) in [4.78, 5) is 0. The standard InChI is InChI=1S/C7H17P2/c1-7-5-9(7,4)6-8(2)3/h7H,5-6H2,1-4H3/q+1. The third kappa shape index (κ3) is 1.89. The van der Waals surface area contributed by atoms with E-state index in [0.29, 0.717) is 7.92 Å². The van der Waals surface area contributed by atoms with Crippen LogP contribution in [0.15, 0.2) is 0 Å². The topological polar surface area (TPSA) is 0 Å². The third-order valence-corrected chi connectivity index (χ3v) is 10.3. The molecule has 0 spiro atoms. The fourth-order valence-corrected chi connectivity index (χ4v) is 10.1. The minimum absolute atomic E-state index is 0.284. The Kier molecular flexibility index (Phi) is 2.19. The van der Waals surface area contributed by atoms with Crippen LogP contribution in [0.4, 0.5) is 0 Å². The van der Waals surface area contributed by atoms with Gasteiger partial charge in [-0.15, -0.1) is 0 Å². The van der Waals surface area contributed by atoms with Gasteiger partial charge in [0.1, 0.15) is 5.66 Å². The number of hydrogen-bond acceptors (Lipinski definition) is 0. The van der Waals surface area contributed by atoms with Crippen LogP contribution in [-0.2, 0) is 0 Å². The van der Waals surface area contributed by atoms with Crippen LogP contribution in [0.25, 0.3) is 0 Å². The Labute approximate surface area is 60.5 Å². The predicted octanol–water partition coefficient (Wildman–Crippen LogP) is 2.73. The molecule has 1 fully saturated rings. The van der Waals surface area contributed by atoms with Crippen molar-refractivity contribution in [3.63, 3.8) is 0 Å². The molecule has 9 heavy (non-hydrogen) atoms. The normalized spacial score (nSPS) is 41.7. The van der Waals surface area contributed by atoms with E-state index in [9.17, 15) is 0 Å². The van der Waals surface area contributed by atoms with Crippen molar-refractivity contribution in [3.8, 4) is 0 Å². The molecule has 2 unspecified atom stereocenters. The van der Waals surface area contributed by atoms with Crippen molar-refractivity contribution in [2.75, 3.05) is 32.1 Å². The van der Waals surface area contributed by atoms with Crippen LogP contribution in [0.3, 0.4) is 0 Å². The maximum Gasteiger partial charge on any atom is 0.100 e. The van der Waals surface area contributed by atoms with Crippen molar-refractivity contribution in [2.24, 2.45) is 0 Å². The average molecular weight is 163 g/mol. The largest absolute Gasteiger partial charge is 0.100 e. The molecule has 0 aromatic heterocycles. The summed E-state index contributed by atoms with van der Waals surface area (Å²) >= 11 is 0. The summed E-state index contributed by atoms with van der Waals surface area (Å²) < 4.78 is 0. The third-order valence-electron chi connectivity index (χ3n) is 2.22. The Morgan fingerprint density at radius 2 is 2.00 bits per heavy atom. The van der Waals surface area contributed by atoms with Crippen molar-refractivity contribution in [3.05, 3.63) is 0 Å². The van der Waals surface area contributed by atoms with Gasteiger partial charge >= 0.3 is 0 Å². The highest BCUT2D eigenvalue weighted by molar-refractivity contribution is 7.90. The van der Waals surface area contributed by atoms with Crippen molar-refractivity contribution >= 4 is 15.2 Å². The van der Waals surface area contributed by atoms with Gasteiger partial charge in [-0.2, -0.15) is 0 Å². The predicted molar refractivity (Wildman–Crippen MR) is 50.8 cm³/mol. The minimum Gasteiger partial charge on any atom is -0.0733 e. The Morgan fingerprint density at radius 3 is 2.11 bits per heavy atom. The van der Waals surface area contributed by atoms with Crippen LogP contribution < -0.4 is 0 Å². The molecular weight excluding hydrogens is 146 g/mol. The van der Waals surface area contributed by atoms with Crippen LogP contribution in [-0.4, -0.2) is 37.7 Å². The lowest BCUT2D eigenvalue weighted by molar-refractivity contribution is 1.24. The number of hydrogen-bond donors (Lipinski definition) is 0. The van der Waals surface area contributed by atoms with Crippen LogP contribution >= 0.6 is 15.2 Å². The second kappa shape index (κ2) is 2.48. The first-order valence-electron chi connectivity index (χ1n) is 3.53. The Bertz CT molecular complexity index is 111. The van der Waals surface area contributed by atoms with Gasteiger partial charge in [-0.1, -0.05) is 7.92 Å². The molecule has 0 amide bonds. The zero-order valence-corrected chi connectivity index (χ0v) is 8.67. The van der Waals surface area contributed by atoms with E-state index in [1.165, 1.54) is 0 Å². The Morgan fingerprint density at radius 1 is 1.56 bits per heavy atom. The van der Waals surface area contributed by atoms with Gasteiger partial charge in [-0.05, 0) is 20.3 Å². The molecule has 2 heteroatoms. The first-order chi connectivity index (χ1) is 4.04. The lowest BCUT2D eigenvalue weighted by atomic mass is 10.6. The van der Waals surface area contributed by atoms with Crippen LogP contribution in [0, 0.1) is 0 Å². The first kappa shape index (κ1) is 7.96. The van der Waals surface area contributed by atoms with Gasteiger partial charge in [0.2, 0.25) is 0 Å². The van der Waals surface area contributed by atoms with E-state index >= 15 is 0 Å². The van der Waals surface area contributed by atoms with E-state index in [4.69, 9.17) is 0 Å². The van der Waals surface area contributed by atoms with E-state index in [1.54, 1.807) is 12.1 Å². The lowest BCUT2D eigenvalue weighted by Gasteiger charge is -2.05. The summed E-state index contributed by atoms with van der Waals surface area (Å²) in [5.41, 5.74) is 1.13. The molecule has 0 radical (unpaired) electrons. The average Bonchev–Trinajstić information content (AvgIpc) is 2.10. The summed E-state index contributed by atoms with van der Waals surface area (Å²) in [7, 11) is 0.113. The molecule has 54 valence electrons. The van der Waals surface area contributed by atoms with Crippen LogP contribution in [0.2, 0.25) is 0 Å². The molecule has 0 aliphatic carbocycles. The lowest BCUT2D eigenvalue weighted by Crippen LogP contribution is -1.80. The molecule has 0 saturated carbocycles. The summed E-state index contributed by atoms with van der Waals surface area (Å²) in [5, 5.41) is 0. The molecule has 1 rings (SSSR count). The van der Waals surface area contributed by atoms with E-state index in [1.807, 2.05) is 0 Å². The molecule has 1 aliphatic rings. The second-order valence-electron chi connectivity index (χ2n) is 3.73. The van der Waals surface area contributed by atoms with E-state index < -0.39 is 0 Å². The van der Waals surface area contributed by atoms with Crippen molar-refractivity contribution in [1.82, 2.24) is 0 Å². The van der Waals surface area contributed by atoms with Gasteiger partial charge in [0.15, 0.2) is 0 Å². The SMILES string of the molecule is CC1C[P+]1(C)CP(C)C. The summed E-state index contributed by atoms with van der Waals surface area (Å²) in [6.45, 7) is 9.78. The van der Waals surface area contributed by atoms with Crippen molar-refractivity contribution in [1.29, 1.82) is 0 Å². The van der Waals surface area contributed by atoms with Gasteiger partial charge in [0, 0.05) is 13.9 Å². The Balaban J connectivity index is 2.29. The van der Waals surface area contributed by atoms with Gasteiger partial charge in [0.25, 0.3) is 0 Å². The van der Waals surface area contributed by atoms with Gasteiger partial charge in [-0.25, -0.2) is 0 Å². The monoisotopic (exact) mass is 163 g/mol. The Hall–Kier alpha value is 0.860. The minimum atomic E-state index is -0.284. The van der Waals surface area contributed by atoms with E-state index in [0.717, 1.165) is 5.66 Å². The summed E-state index contributed by atoms with van der Waals surface area (Å²) in [6, 6.07) is 0. The van der Waals surface area contributed by atoms with Gasteiger partial charge in [0.05, 0.1) is 12.1 Å². The maximum atomic E-state index is 2.54. The summed E-state index contributed by atoms with van der Waals surface area (Å²) in [5.74, 6) is 1.60. The smallest absolute Gasteiger partial charge is 0.0733 e. The first-order valence-corrected chi connectivity index (χ1v) is 8.63. The quantitative estimate of drug-likeness (QED) is 0.549. The molecule has 0 aromatic carbocycles.